The highest BCUT2D eigenvalue weighted by atomic mass is 16.6. The summed E-state index contributed by atoms with van der Waals surface area (Å²) in [6.07, 6.45) is 3.99. The summed E-state index contributed by atoms with van der Waals surface area (Å²) in [6.45, 7) is 1.80. The molecule has 90 valence electrons. The quantitative estimate of drug-likeness (QED) is 0.615. The van der Waals surface area contributed by atoms with Crippen molar-refractivity contribution in [2.75, 3.05) is 13.1 Å². The van der Waals surface area contributed by atoms with Crippen molar-refractivity contribution >= 4 is 11.5 Å². The van der Waals surface area contributed by atoms with Gasteiger partial charge in [-0.2, -0.15) is 0 Å². The van der Waals surface area contributed by atoms with Crippen LogP contribution in [0.2, 0.25) is 0 Å². The molecule has 0 atom stereocenters. The van der Waals surface area contributed by atoms with Gasteiger partial charge >= 0.3 is 0 Å². The Morgan fingerprint density at radius 1 is 1.41 bits per heavy atom. The molecule has 2 rings (SSSR count). The number of nitrogens with one attached hydrogen (secondary N) is 1. The Morgan fingerprint density at radius 2 is 2.29 bits per heavy atom. The van der Waals surface area contributed by atoms with Crippen LogP contribution in [0.1, 0.15) is 18.5 Å². The second-order valence-electron chi connectivity index (χ2n) is 3.87. The maximum Gasteiger partial charge on any atom is 0.287 e. The molecule has 0 saturated carbocycles. The SMILES string of the molecule is O=[N+]([O-])c1ccc(CCCC2=NCCN2)nc1. The van der Waals surface area contributed by atoms with Crippen LogP contribution in [0.5, 0.6) is 0 Å². The van der Waals surface area contributed by atoms with Crippen molar-refractivity contribution in [2.45, 2.75) is 19.3 Å². The van der Waals surface area contributed by atoms with Gasteiger partial charge < -0.3 is 5.32 Å². The lowest BCUT2D eigenvalue weighted by molar-refractivity contribution is -0.385. The molecular weight excluding hydrogens is 220 g/mol. The van der Waals surface area contributed by atoms with E-state index in [1.54, 1.807) is 6.07 Å². The molecule has 0 unspecified atom stereocenters. The van der Waals surface area contributed by atoms with Crippen LogP contribution in [0.3, 0.4) is 0 Å². The first-order chi connectivity index (χ1) is 8.25. The van der Waals surface area contributed by atoms with Crippen molar-refractivity contribution in [1.82, 2.24) is 10.3 Å². The number of aliphatic imine (C=N–C) groups is 1. The van der Waals surface area contributed by atoms with Crippen LogP contribution < -0.4 is 5.32 Å². The highest BCUT2D eigenvalue weighted by molar-refractivity contribution is 5.83. The second-order valence-corrected chi connectivity index (χ2v) is 3.87. The lowest BCUT2D eigenvalue weighted by atomic mass is 10.1. The molecule has 0 fully saturated rings. The van der Waals surface area contributed by atoms with Crippen molar-refractivity contribution in [2.24, 2.45) is 4.99 Å². The highest BCUT2D eigenvalue weighted by Gasteiger charge is 2.07. The van der Waals surface area contributed by atoms with Gasteiger partial charge in [-0.05, 0) is 18.9 Å². The van der Waals surface area contributed by atoms with Gasteiger partial charge in [-0.15, -0.1) is 0 Å². The number of amidine groups is 1. The molecule has 0 amide bonds. The number of rotatable bonds is 5. The van der Waals surface area contributed by atoms with Crippen LogP contribution in [-0.2, 0) is 6.42 Å². The Hall–Kier alpha value is -1.98. The van der Waals surface area contributed by atoms with Crippen LogP contribution in [0, 0.1) is 10.1 Å². The summed E-state index contributed by atoms with van der Waals surface area (Å²) >= 11 is 0. The van der Waals surface area contributed by atoms with E-state index in [4.69, 9.17) is 0 Å². The van der Waals surface area contributed by atoms with E-state index in [0.29, 0.717) is 0 Å². The predicted octanol–water partition coefficient (Wildman–Crippen LogP) is 1.31. The summed E-state index contributed by atoms with van der Waals surface area (Å²) in [7, 11) is 0. The maximum absolute atomic E-state index is 10.4. The van der Waals surface area contributed by atoms with Crippen LogP contribution in [0.4, 0.5) is 5.69 Å². The number of pyridine rings is 1. The molecule has 6 heteroatoms. The first kappa shape index (κ1) is 11.5. The van der Waals surface area contributed by atoms with Crippen molar-refractivity contribution in [3.05, 3.63) is 34.1 Å². The molecule has 1 aliphatic heterocycles. The molecule has 1 aliphatic rings. The average molecular weight is 234 g/mol. The highest BCUT2D eigenvalue weighted by Crippen LogP contribution is 2.10. The normalized spacial score (nSPS) is 14.2. The van der Waals surface area contributed by atoms with Crippen molar-refractivity contribution in [1.29, 1.82) is 0 Å². The van der Waals surface area contributed by atoms with E-state index in [1.165, 1.54) is 12.3 Å². The molecule has 1 aromatic heterocycles. The minimum atomic E-state index is -0.437. The summed E-state index contributed by atoms with van der Waals surface area (Å²) < 4.78 is 0. The number of hydrogen-bond donors (Lipinski definition) is 1. The van der Waals surface area contributed by atoms with E-state index >= 15 is 0 Å². The molecule has 0 radical (unpaired) electrons. The second kappa shape index (κ2) is 5.38. The van der Waals surface area contributed by atoms with Gasteiger partial charge in [-0.25, -0.2) is 0 Å². The van der Waals surface area contributed by atoms with E-state index in [1.807, 2.05) is 0 Å². The molecule has 0 aliphatic carbocycles. The summed E-state index contributed by atoms with van der Waals surface area (Å²) in [5.41, 5.74) is 0.921. The fourth-order valence-electron chi connectivity index (χ4n) is 1.72. The summed E-state index contributed by atoms with van der Waals surface area (Å²) in [5.74, 6) is 1.06. The Bertz CT molecular complexity index is 428. The number of aromatic nitrogens is 1. The van der Waals surface area contributed by atoms with E-state index in [9.17, 15) is 10.1 Å². The van der Waals surface area contributed by atoms with Gasteiger partial charge in [-0.3, -0.25) is 20.1 Å². The van der Waals surface area contributed by atoms with Crippen molar-refractivity contribution < 1.29 is 4.92 Å². The number of nitrogens with zero attached hydrogens (tertiary/aromatic N) is 3. The molecule has 2 heterocycles. The maximum atomic E-state index is 10.4. The summed E-state index contributed by atoms with van der Waals surface area (Å²) in [6, 6.07) is 3.20. The molecule has 0 spiro atoms. The zero-order valence-electron chi connectivity index (χ0n) is 9.43. The van der Waals surface area contributed by atoms with Gasteiger partial charge in [-0.1, -0.05) is 0 Å². The zero-order chi connectivity index (χ0) is 12.1. The number of aryl methyl sites for hydroxylation is 1. The van der Waals surface area contributed by atoms with Crippen molar-refractivity contribution in [3.63, 3.8) is 0 Å². The topological polar surface area (TPSA) is 80.4 Å². The van der Waals surface area contributed by atoms with Crippen LogP contribution in [0.25, 0.3) is 0 Å². The summed E-state index contributed by atoms with van der Waals surface area (Å²) in [5, 5.41) is 13.6. The lowest BCUT2D eigenvalue weighted by Gasteiger charge is -2.02. The van der Waals surface area contributed by atoms with Gasteiger partial charge in [0.2, 0.25) is 0 Å². The molecule has 6 nitrogen and oxygen atoms in total. The Morgan fingerprint density at radius 3 is 2.88 bits per heavy atom. The number of nitro groups is 1. The standard InChI is InChI=1S/C11H14N4O2/c16-15(17)10-5-4-9(14-8-10)2-1-3-11-12-6-7-13-11/h4-5,8H,1-3,6-7H2,(H,12,13). The third-order valence-electron chi connectivity index (χ3n) is 2.61. The minimum Gasteiger partial charge on any atom is -0.372 e. The zero-order valence-corrected chi connectivity index (χ0v) is 9.43. The smallest absolute Gasteiger partial charge is 0.287 e. The third kappa shape index (κ3) is 3.24. The Balaban J connectivity index is 1.80. The van der Waals surface area contributed by atoms with Crippen molar-refractivity contribution in [3.8, 4) is 0 Å². The average Bonchev–Trinajstić information content (AvgIpc) is 2.83. The summed E-state index contributed by atoms with van der Waals surface area (Å²) in [4.78, 5) is 18.4. The van der Waals surface area contributed by atoms with Gasteiger partial charge in [0, 0.05) is 24.7 Å². The van der Waals surface area contributed by atoms with Gasteiger partial charge in [0.25, 0.3) is 5.69 Å². The fourth-order valence-corrected chi connectivity index (χ4v) is 1.72. The Labute approximate surface area is 98.9 Å². The van der Waals surface area contributed by atoms with E-state index in [-0.39, 0.29) is 5.69 Å². The van der Waals surface area contributed by atoms with Gasteiger partial charge in [0.1, 0.15) is 6.20 Å². The molecule has 0 saturated heterocycles. The molecule has 17 heavy (non-hydrogen) atoms. The number of hydrogen-bond acceptors (Lipinski definition) is 5. The predicted molar refractivity (Wildman–Crippen MR) is 64.1 cm³/mol. The monoisotopic (exact) mass is 234 g/mol. The third-order valence-corrected chi connectivity index (χ3v) is 2.61. The van der Waals surface area contributed by atoms with E-state index < -0.39 is 4.92 Å². The molecular formula is C11H14N4O2. The van der Waals surface area contributed by atoms with E-state index in [0.717, 1.165) is 43.9 Å². The minimum absolute atomic E-state index is 0.0376. The first-order valence-electron chi connectivity index (χ1n) is 5.62. The van der Waals surface area contributed by atoms with Gasteiger partial charge in [0.15, 0.2) is 0 Å². The molecule has 0 bridgehead atoms. The van der Waals surface area contributed by atoms with Gasteiger partial charge in [0.05, 0.1) is 17.3 Å². The first-order valence-corrected chi connectivity index (χ1v) is 5.62. The Kier molecular flexibility index (Phi) is 3.64. The lowest BCUT2D eigenvalue weighted by Crippen LogP contribution is -2.18. The fraction of sp³-hybridized carbons (Fsp3) is 0.455. The molecule has 0 aromatic carbocycles. The van der Waals surface area contributed by atoms with Crippen LogP contribution >= 0.6 is 0 Å². The van der Waals surface area contributed by atoms with E-state index in [2.05, 4.69) is 15.3 Å². The van der Waals surface area contributed by atoms with Crippen LogP contribution in [0.15, 0.2) is 23.3 Å². The largest absolute Gasteiger partial charge is 0.372 e. The molecule has 1 N–H and O–H groups in total. The van der Waals surface area contributed by atoms with Crippen LogP contribution in [-0.4, -0.2) is 28.8 Å². The molecule has 1 aromatic rings.